The molecule has 0 radical (unpaired) electrons. The molecule has 0 spiro atoms. The maximum Gasteiger partial charge on any atom is 0.257 e. The summed E-state index contributed by atoms with van der Waals surface area (Å²) in [6.07, 6.45) is 0. The zero-order valence-corrected chi connectivity index (χ0v) is 19.7. The number of aromatic nitrogens is 1. The fourth-order valence-corrected chi connectivity index (χ4v) is 4.75. The Morgan fingerprint density at radius 2 is 1.35 bits per heavy atom. The smallest absolute Gasteiger partial charge is 0.257 e. The number of oxazole rings is 1. The minimum absolute atomic E-state index is 0.152. The fourth-order valence-electron chi connectivity index (χ4n) is 3.73. The van der Waals surface area contributed by atoms with Crippen molar-refractivity contribution in [2.75, 3.05) is 0 Å². The Kier molecular flexibility index (Phi) is 6.06. The third-order valence-corrected chi connectivity index (χ3v) is 6.45. The Morgan fingerprint density at radius 3 is 1.90 bits per heavy atom. The first-order chi connectivity index (χ1) is 14.8. The van der Waals surface area contributed by atoms with Crippen molar-refractivity contribution >= 4 is 11.8 Å². The van der Waals surface area contributed by atoms with E-state index in [2.05, 4.69) is 71.0 Å². The molecular weight excluding hydrogens is 398 g/mol. The van der Waals surface area contributed by atoms with E-state index in [1.807, 2.05) is 36.4 Å². The predicted molar refractivity (Wildman–Crippen MR) is 132 cm³/mol. The molecule has 4 rings (SSSR count). The first kappa shape index (κ1) is 21.5. The standard InChI is InChI=1S/C28H29NOS/c1-19-16-23(28(3,4)5)17-20(2)24(19)18-31-27-29-25(21-12-8-6-9-13-21)26(30-27)22-14-10-7-11-15-22/h6-17H,18H2,1-5H3. The molecule has 1 heterocycles. The van der Waals surface area contributed by atoms with Crippen LogP contribution in [0.5, 0.6) is 0 Å². The van der Waals surface area contributed by atoms with E-state index < -0.39 is 0 Å². The van der Waals surface area contributed by atoms with Gasteiger partial charge < -0.3 is 4.42 Å². The van der Waals surface area contributed by atoms with Crippen LogP contribution in [0.3, 0.4) is 0 Å². The van der Waals surface area contributed by atoms with Gasteiger partial charge in [0.15, 0.2) is 5.76 Å². The van der Waals surface area contributed by atoms with Crippen molar-refractivity contribution in [3.05, 3.63) is 95.1 Å². The Bertz CT molecular complexity index is 1090. The second kappa shape index (κ2) is 8.76. The molecule has 0 atom stereocenters. The number of hydrogen-bond donors (Lipinski definition) is 0. The molecule has 0 amide bonds. The summed E-state index contributed by atoms with van der Waals surface area (Å²) in [6.45, 7) is 11.2. The molecule has 0 fully saturated rings. The summed E-state index contributed by atoms with van der Waals surface area (Å²) in [7, 11) is 0. The van der Waals surface area contributed by atoms with Crippen LogP contribution in [-0.4, -0.2) is 4.98 Å². The van der Waals surface area contributed by atoms with Crippen molar-refractivity contribution in [1.29, 1.82) is 0 Å². The molecule has 0 aliphatic carbocycles. The molecule has 2 nitrogen and oxygen atoms in total. The van der Waals surface area contributed by atoms with E-state index in [0.29, 0.717) is 5.22 Å². The van der Waals surface area contributed by atoms with Gasteiger partial charge in [-0.25, -0.2) is 4.98 Å². The first-order valence-electron chi connectivity index (χ1n) is 10.7. The van der Waals surface area contributed by atoms with Gasteiger partial charge in [0.05, 0.1) is 0 Å². The Morgan fingerprint density at radius 1 is 0.806 bits per heavy atom. The van der Waals surface area contributed by atoms with E-state index in [-0.39, 0.29) is 5.41 Å². The van der Waals surface area contributed by atoms with Gasteiger partial charge in [-0.15, -0.1) is 0 Å². The molecule has 0 saturated heterocycles. The molecular formula is C28H29NOS. The van der Waals surface area contributed by atoms with Gasteiger partial charge in [-0.05, 0) is 41.5 Å². The zero-order chi connectivity index (χ0) is 22.0. The molecule has 0 unspecified atom stereocenters. The number of hydrogen-bond acceptors (Lipinski definition) is 3. The van der Waals surface area contributed by atoms with Crippen molar-refractivity contribution in [3.8, 4) is 22.6 Å². The maximum absolute atomic E-state index is 6.29. The molecule has 0 aliphatic heterocycles. The lowest BCUT2D eigenvalue weighted by Crippen LogP contribution is -2.12. The average molecular weight is 428 g/mol. The van der Waals surface area contributed by atoms with Crippen LogP contribution in [-0.2, 0) is 11.2 Å². The molecule has 3 aromatic carbocycles. The molecule has 4 aromatic rings. The Labute approximate surface area is 189 Å². The zero-order valence-electron chi connectivity index (χ0n) is 18.9. The van der Waals surface area contributed by atoms with Crippen LogP contribution >= 0.6 is 11.8 Å². The number of rotatable bonds is 5. The highest BCUT2D eigenvalue weighted by Gasteiger charge is 2.19. The normalized spacial score (nSPS) is 11.6. The van der Waals surface area contributed by atoms with Crippen molar-refractivity contribution in [1.82, 2.24) is 4.98 Å². The summed E-state index contributed by atoms with van der Waals surface area (Å²) in [6, 6.07) is 25.1. The van der Waals surface area contributed by atoms with Crippen LogP contribution in [0.4, 0.5) is 0 Å². The molecule has 0 saturated carbocycles. The van der Waals surface area contributed by atoms with Crippen LogP contribution in [0.25, 0.3) is 22.6 Å². The highest BCUT2D eigenvalue weighted by atomic mass is 32.2. The molecule has 0 bridgehead atoms. The van der Waals surface area contributed by atoms with Gasteiger partial charge in [0.25, 0.3) is 5.22 Å². The van der Waals surface area contributed by atoms with E-state index >= 15 is 0 Å². The van der Waals surface area contributed by atoms with Gasteiger partial charge in [0.1, 0.15) is 5.69 Å². The van der Waals surface area contributed by atoms with E-state index in [4.69, 9.17) is 9.40 Å². The molecule has 0 aliphatic rings. The number of thioether (sulfide) groups is 1. The Balaban J connectivity index is 1.65. The molecule has 0 N–H and O–H groups in total. The third kappa shape index (κ3) is 4.77. The minimum atomic E-state index is 0.152. The van der Waals surface area contributed by atoms with E-state index in [0.717, 1.165) is 28.3 Å². The quantitative estimate of drug-likeness (QED) is 0.300. The van der Waals surface area contributed by atoms with Crippen molar-refractivity contribution in [2.45, 2.75) is 51.0 Å². The number of aryl methyl sites for hydroxylation is 2. The van der Waals surface area contributed by atoms with E-state index in [9.17, 15) is 0 Å². The largest absolute Gasteiger partial charge is 0.431 e. The fraction of sp³-hybridized carbons (Fsp3) is 0.250. The molecule has 158 valence electrons. The van der Waals surface area contributed by atoms with Gasteiger partial charge in [-0.1, -0.05) is 105 Å². The van der Waals surface area contributed by atoms with Gasteiger partial charge in [-0.2, -0.15) is 0 Å². The van der Waals surface area contributed by atoms with Crippen LogP contribution < -0.4 is 0 Å². The van der Waals surface area contributed by atoms with Crippen LogP contribution in [0.15, 0.2) is 82.4 Å². The van der Waals surface area contributed by atoms with E-state index in [1.54, 1.807) is 11.8 Å². The lowest BCUT2D eigenvalue weighted by Gasteiger charge is -2.22. The second-order valence-corrected chi connectivity index (χ2v) is 9.94. The highest BCUT2D eigenvalue weighted by Crippen LogP contribution is 2.37. The summed E-state index contributed by atoms with van der Waals surface area (Å²) in [5, 5.41) is 0.705. The lowest BCUT2D eigenvalue weighted by atomic mass is 9.84. The monoisotopic (exact) mass is 427 g/mol. The third-order valence-electron chi connectivity index (χ3n) is 5.59. The Hall–Kier alpha value is -2.78. The number of nitrogens with zero attached hydrogens (tertiary/aromatic N) is 1. The van der Waals surface area contributed by atoms with Crippen LogP contribution in [0.1, 0.15) is 43.0 Å². The van der Waals surface area contributed by atoms with Crippen molar-refractivity contribution < 1.29 is 4.42 Å². The lowest BCUT2D eigenvalue weighted by molar-refractivity contribution is 0.466. The summed E-state index contributed by atoms with van der Waals surface area (Å²) in [5.74, 6) is 1.66. The number of benzene rings is 3. The topological polar surface area (TPSA) is 26.0 Å². The van der Waals surface area contributed by atoms with Crippen LogP contribution in [0, 0.1) is 13.8 Å². The van der Waals surface area contributed by atoms with E-state index in [1.165, 1.54) is 22.3 Å². The van der Waals surface area contributed by atoms with Crippen molar-refractivity contribution in [3.63, 3.8) is 0 Å². The predicted octanol–water partition coefficient (Wildman–Crippen LogP) is 8.22. The molecule has 31 heavy (non-hydrogen) atoms. The van der Waals surface area contributed by atoms with Gasteiger partial charge in [0.2, 0.25) is 0 Å². The maximum atomic E-state index is 6.29. The van der Waals surface area contributed by atoms with Crippen LogP contribution in [0.2, 0.25) is 0 Å². The summed E-state index contributed by atoms with van der Waals surface area (Å²) in [5.41, 5.74) is 8.56. The molecule has 3 heteroatoms. The molecule has 1 aromatic heterocycles. The summed E-state index contributed by atoms with van der Waals surface area (Å²) >= 11 is 1.66. The summed E-state index contributed by atoms with van der Waals surface area (Å²) in [4.78, 5) is 4.88. The SMILES string of the molecule is Cc1cc(C(C)(C)C)cc(C)c1CSc1nc(-c2ccccc2)c(-c2ccccc2)o1. The van der Waals surface area contributed by atoms with Gasteiger partial charge >= 0.3 is 0 Å². The second-order valence-electron chi connectivity index (χ2n) is 9.02. The summed E-state index contributed by atoms with van der Waals surface area (Å²) < 4.78 is 6.29. The minimum Gasteiger partial charge on any atom is -0.431 e. The van der Waals surface area contributed by atoms with Gasteiger partial charge in [0, 0.05) is 16.9 Å². The van der Waals surface area contributed by atoms with Crippen molar-refractivity contribution in [2.24, 2.45) is 0 Å². The van der Waals surface area contributed by atoms with Gasteiger partial charge in [-0.3, -0.25) is 0 Å². The average Bonchev–Trinajstić information content (AvgIpc) is 3.18. The first-order valence-corrected chi connectivity index (χ1v) is 11.7. The highest BCUT2D eigenvalue weighted by molar-refractivity contribution is 7.98.